The van der Waals surface area contributed by atoms with Gasteiger partial charge in [-0.15, -0.1) is 0 Å². The summed E-state index contributed by atoms with van der Waals surface area (Å²) < 4.78 is 17.9. The Morgan fingerprint density at radius 2 is 1.96 bits per heavy atom. The molecule has 24 heavy (non-hydrogen) atoms. The van der Waals surface area contributed by atoms with E-state index in [1.54, 1.807) is 0 Å². The fraction of sp³-hybridized carbons (Fsp3) is 0.778. The van der Waals surface area contributed by atoms with Gasteiger partial charge in [-0.05, 0) is 50.4 Å². The van der Waals surface area contributed by atoms with Gasteiger partial charge >= 0.3 is 0 Å². The number of hydrogen-bond acceptors (Lipinski definition) is 5. The second-order valence-electron chi connectivity index (χ2n) is 7.59. The number of rotatable bonds is 3. The molecule has 1 saturated heterocycles. The minimum atomic E-state index is -0.400. The number of hydrogen-bond donors (Lipinski definition) is 2. The lowest BCUT2D eigenvalue weighted by Gasteiger charge is -2.24. The van der Waals surface area contributed by atoms with Gasteiger partial charge in [0, 0.05) is 18.1 Å². The quantitative estimate of drug-likeness (QED) is 0.885. The molecule has 2 heterocycles. The fourth-order valence-corrected chi connectivity index (χ4v) is 4.28. The topological polar surface area (TPSA) is 73.1 Å². The van der Waals surface area contributed by atoms with Crippen molar-refractivity contribution >= 4 is 0 Å². The first-order valence-electron chi connectivity index (χ1n) is 9.08. The van der Waals surface area contributed by atoms with E-state index in [1.165, 1.54) is 25.6 Å². The van der Waals surface area contributed by atoms with Gasteiger partial charge in [-0.3, -0.25) is 0 Å². The van der Waals surface area contributed by atoms with Crippen LogP contribution >= 0.6 is 0 Å². The van der Waals surface area contributed by atoms with E-state index >= 15 is 0 Å². The van der Waals surface area contributed by atoms with E-state index in [1.807, 2.05) is 0 Å². The third-order valence-corrected chi connectivity index (χ3v) is 5.80. The van der Waals surface area contributed by atoms with Gasteiger partial charge in [-0.25, -0.2) is 14.4 Å². The molecule has 134 valence electrons. The van der Waals surface area contributed by atoms with Crippen LogP contribution < -0.4 is 11.1 Å². The van der Waals surface area contributed by atoms with E-state index in [0.29, 0.717) is 18.2 Å². The van der Waals surface area contributed by atoms with E-state index in [4.69, 9.17) is 10.5 Å². The van der Waals surface area contributed by atoms with Gasteiger partial charge in [0.1, 0.15) is 6.33 Å². The minimum absolute atomic E-state index is 0.279. The first kappa shape index (κ1) is 17.7. The molecule has 6 unspecified atom stereocenters. The van der Waals surface area contributed by atoms with Gasteiger partial charge < -0.3 is 15.8 Å². The van der Waals surface area contributed by atoms with Crippen molar-refractivity contribution in [2.24, 2.45) is 23.5 Å². The van der Waals surface area contributed by atoms with Crippen LogP contribution in [-0.2, 0) is 4.74 Å². The third-order valence-electron chi connectivity index (χ3n) is 5.80. The first-order chi connectivity index (χ1) is 11.5. The van der Waals surface area contributed by atoms with Crippen LogP contribution in [0.5, 0.6) is 0 Å². The molecule has 2 aliphatic carbocycles. The van der Waals surface area contributed by atoms with Crippen molar-refractivity contribution in [2.45, 2.75) is 63.8 Å². The molecule has 0 radical (unpaired) electrons. The SMILES string of the molecule is CC1CC(N)C(COC2CCC3C(C2)[C@@H]3C)N1.Fc1cncnc1. The van der Waals surface area contributed by atoms with Crippen molar-refractivity contribution in [1.29, 1.82) is 0 Å². The highest BCUT2D eigenvalue weighted by molar-refractivity contribution is 4.99. The molecule has 5 nitrogen and oxygen atoms in total. The predicted molar refractivity (Wildman–Crippen MR) is 90.7 cm³/mol. The summed E-state index contributed by atoms with van der Waals surface area (Å²) in [5.74, 6) is 2.57. The summed E-state index contributed by atoms with van der Waals surface area (Å²) >= 11 is 0. The lowest BCUT2D eigenvalue weighted by atomic mass is 9.98. The molecule has 4 rings (SSSR count). The Bertz CT molecular complexity index is 517. The largest absolute Gasteiger partial charge is 0.377 e. The molecular formula is C18H29FN4O. The molecule has 0 amide bonds. The standard InChI is InChI=1S/C14H26N2O.C4H3FN2/c1-8-5-13(15)14(16-8)7-17-10-3-4-11-9(2)12(11)6-10;5-4-1-6-3-7-2-4/h8-14,16H,3-7,15H2,1-2H3;1-3H/t8?,9-,10?,11?,12?,13?,14?;/m1./s1. The highest BCUT2D eigenvalue weighted by Gasteiger charge is 2.49. The molecule has 2 saturated carbocycles. The lowest BCUT2D eigenvalue weighted by Crippen LogP contribution is -2.42. The minimum Gasteiger partial charge on any atom is -0.377 e. The number of nitrogens with two attached hydrogens (primary N) is 1. The normalized spacial score (nSPS) is 40.4. The van der Waals surface area contributed by atoms with Crippen LogP contribution in [-0.4, -0.2) is 40.8 Å². The zero-order chi connectivity index (χ0) is 17.1. The zero-order valence-electron chi connectivity index (χ0n) is 14.6. The number of nitrogens with one attached hydrogen (secondary N) is 1. The maximum absolute atomic E-state index is 11.8. The molecule has 0 spiro atoms. The molecule has 0 bridgehead atoms. The Kier molecular flexibility index (Phi) is 5.79. The summed E-state index contributed by atoms with van der Waals surface area (Å²) in [6.07, 6.45) is 9.03. The van der Waals surface area contributed by atoms with Gasteiger partial charge in [0.15, 0.2) is 5.82 Å². The van der Waals surface area contributed by atoms with Crippen LogP contribution in [0.15, 0.2) is 18.7 Å². The van der Waals surface area contributed by atoms with Gasteiger partial charge in [0.25, 0.3) is 0 Å². The summed E-state index contributed by atoms with van der Waals surface area (Å²) in [5.41, 5.74) is 6.10. The van der Waals surface area contributed by atoms with Crippen LogP contribution in [0.1, 0.15) is 39.5 Å². The van der Waals surface area contributed by atoms with Crippen LogP contribution in [0.2, 0.25) is 0 Å². The summed E-state index contributed by atoms with van der Waals surface area (Å²) in [7, 11) is 0. The van der Waals surface area contributed by atoms with Crippen molar-refractivity contribution in [3.8, 4) is 0 Å². The van der Waals surface area contributed by atoms with Gasteiger partial charge in [0.2, 0.25) is 0 Å². The van der Waals surface area contributed by atoms with E-state index in [2.05, 4.69) is 29.1 Å². The molecule has 1 aromatic rings. The monoisotopic (exact) mass is 336 g/mol. The van der Waals surface area contributed by atoms with E-state index in [-0.39, 0.29) is 6.04 Å². The molecule has 1 aromatic heterocycles. The van der Waals surface area contributed by atoms with Crippen LogP contribution in [0.4, 0.5) is 4.39 Å². The molecule has 0 aromatic carbocycles. The molecule has 1 aliphatic heterocycles. The highest BCUT2D eigenvalue weighted by atomic mass is 19.1. The second kappa shape index (κ2) is 7.85. The van der Waals surface area contributed by atoms with Crippen LogP contribution in [0.25, 0.3) is 0 Å². The Labute approximate surface area is 143 Å². The lowest BCUT2D eigenvalue weighted by molar-refractivity contribution is 0.0134. The van der Waals surface area contributed by atoms with Crippen molar-refractivity contribution in [1.82, 2.24) is 15.3 Å². The number of nitrogens with zero attached hydrogens (tertiary/aromatic N) is 2. The van der Waals surface area contributed by atoms with Crippen LogP contribution in [0.3, 0.4) is 0 Å². The molecule has 7 atom stereocenters. The predicted octanol–water partition coefficient (Wildman–Crippen LogP) is 2.13. The Morgan fingerprint density at radius 1 is 1.21 bits per heavy atom. The van der Waals surface area contributed by atoms with Gasteiger partial charge in [-0.2, -0.15) is 0 Å². The first-order valence-corrected chi connectivity index (χ1v) is 9.08. The summed E-state index contributed by atoms with van der Waals surface area (Å²) in [4.78, 5) is 6.80. The van der Waals surface area contributed by atoms with Crippen molar-refractivity contribution in [3.63, 3.8) is 0 Å². The number of fused-ring (bicyclic) bond motifs is 1. The van der Waals surface area contributed by atoms with Gasteiger partial charge in [-0.1, -0.05) is 6.92 Å². The second-order valence-corrected chi connectivity index (χ2v) is 7.59. The molecular weight excluding hydrogens is 307 g/mol. The highest BCUT2D eigenvalue weighted by Crippen LogP contribution is 2.55. The molecule has 3 aliphatic rings. The van der Waals surface area contributed by atoms with E-state index in [9.17, 15) is 4.39 Å². The average molecular weight is 336 g/mol. The summed E-state index contributed by atoms with van der Waals surface area (Å²) in [6, 6.07) is 1.21. The third kappa shape index (κ3) is 4.49. The van der Waals surface area contributed by atoms with E-state index < -0.39 is 5.82 Å². The average Bonchev–Trinajstić information content (AvgIpc) is 3.09. The van der Waals surface area contributed by atoms with E-state index in [0.717, 1.165) is 43.2 Å². The maximum Gasteiger partial charge on any atom is 0.159 e. The summed E-state index contributed by atoms with van der Waals surface area (Å²) in [6.45, 7) is 5.41. The zero-order valence-corrected chi connectivity index (χ0v) is 14.6. The molecule has 3 N–H and O–H groups in total. The Hall–Kier alpha value is -1.11. The fourth-order valence-electron chi connectivity index (χ4n) is 4.28. The number of halogens is 1. The molecule has 6 heteroatoms. The smallest absolute Gasteiger partial charge is 0.159 e. The Morgan fingerprint density at radius 3 is 2.50 bits per heavy atom. The Balaban J connectivity index is 0.000000203. The summed E-state index contributed by atoms with van der Waals surface area (Å²) in [5, 5.41) is 3.52. The van der Waals surface area contributed by atoms with Gasteiger partial charge in [0.05, 0.1) is 25.1 Å². The van der Waals surface area contributed by atoms with Crippen molar-refractivity contribution < 1.29 is 9.13 Å². The number of aromatic nitrogens is 2. The maximum atomic E-state index is 11.8. The van der Waals surface area contributed by atoms with Crippen molar-refractivity contribution in [2.75, 3.05) is 6.61 Å². The van der Waals surface area contributed by atoms with Crippen LogP contribution in [0, 0.1) is 23.6 Å². The number of ether oxygens (including phenoxy) is 1. The van der Waals surface area contributed by atoms with Crippen molar-refractivity contribution in [3.05, 3.63) is 24.5 Å². The molecule has 3 fully saturated rings.